The molecule has 1 aliphatic rings. The summed E-state index contributed by atoms with van der Waals surface area (Å²) in [5.74, 6) is -2.13. The van der Waals surface area contributed by atoms with Gasteiger partial charge in [0.15, 0.2) is 12.0 Å². The minimum absolute atomic E-state index is 0.166. The highest BCUT2D eigenvalue weighted by atomic mass is 35.5. The van der Waals surface area contributed by atoms with Crippen molar-refractivity contribution in [1.82, 2.24) is 4.98 Å². The van der Waals surface area contributed by atoms with E-state index in [2.05, 4.69) is 15.6 Å². The standard InChI is InChI=1S/C24H14Cl5N3O3/c25-12-5-11(6-13(26)7-12)20-21(24(20,28)29)23(34)32-14-1-3-17(27)16(8-14)22(33)31-15-2-4-18-19(9-15)35-10-30-18/h1-10,20-21H,(H,31,33)(H,32,34)/t20-,21+/m0/s1. The molecule has 4 aromatic rings. The van der Waals surface area contributed by atoms with E-state index in [1.165, 1.54) is 18.5 Å². The van der Waals surface area contributed by atoms with Crippen LogP contribution in [0, 0.1) is 5.92 Å². The van der Waals surface area contributed by atoms with E-state index in [4.69, 9.17) is 62.4 Å². The number of oxazole rings is 1. The molecule has 2 atom stereocenters. The van der Waals surface area contributed by atoms with Crippen molar-refractivity contribution in [2.75, 3.05) is 10.6 Å². The Kier molecular flexibility index (Phi) is 6.36. The Morgan fingerprint density at radius 1 is 0.886 bits per heavy atom. The van der Waals surface area contributed by atoms with E-state index in [0.29, 0.717) is 38.1 Å². The van der Waals surface area contributed by atoms with Gasteiger partial charge in [0, 0.05) is 33.4 Å². The molecular weight excluding hydrogens is 556 g/mol. The number of aromatic nitrogens is 1. The van der Waals surface area contributed by atoms with Crippen LogP contribution in [0.4, 0.5) is 11.4 Å². The first-order chi connectivity index (χ1) is 16.6. The van der Waals surface area contributed by atoms with Crippen LogP contribution in [0.1, 0.15) is 21.8 Å². The number of nitrogens with one attached hydrogen (secondary N) is 2. The van der Waals surface area contributed by atoms with Gasteiger partial charge in [-0.05, 0) is 54.1 Å². The Morgan fingerprint density at radius 3 is 2.31 bits per heavy atom. The number of carbonyl (C=O) groups excluding carboxylic acids is 2. The van der Waals surface area contributed by atoms with Gasteiger partial charge >= 0.3 is 0 Å². The average molecular weight is 570 g/mol. The van der Waals surface area contributed by atoms with Crippen molar-refractivity contribution >= 4 is 92.3 Å². The van der Waals surface area contributed by atoms with Gasteiger partial charge in [0.1, 0.15) is 9.85 Å². The average Bonchev–Trinajstić information content (AvgIpc) is 3.11. The van der Waals surface area contributed by atoms with Gasteiger partial charge in [-0.1, -0.05) is 34.8 Å². The number of carbonyl (C=O) groups is 2. The van der Waals surface area contributed by atoms with Gasteiger partial charge < -0.3 is 15.1 Å². The molecular formula is C24H14Cl5N3O3. The molecule has 11 heteroatoms. The first-order valence-corrected chi connectivity index (χ1v) is 12.1. The van der Waals surface area contributed by atoms with Crippen LogP contribution in [0.15, 0.2) is 65.4 Å². The number of hydrogen-bond donors (Lipinski definition) is 2. The molecule has 2 amide bonds. The Morgan fingerprint density at radius 2 is 1.57 bits per heavy atom. The SMILES string of the molecule is O=C(Nc1ccc2ncoc2c1)c1cc(NC(=O)[C@H]2[C@H](c3cc(Cl)cc(Cl)c3)C2(Cl)Cl)ccc1Cl. The number of amides is 2. The molecule has 178 valence electrons. The van der Waals surface area contributed by atoms with E-state index in [1.807, 2.05) is 0 Å². The minimum atomic E-state index is -1.33. The predicted molar refractivity (Wildman–Crippen MR) is 139 cm³/mol. The minimum Gasteiger partial charge on any atom is -0.443 e. The van der Waals surface area contributed by atoms with Crippen LogP contribution in [0.2, 0.25) is 15.1 Å². The zero-order valence-electron chi connectivity index (χ0n) is 17.5. The fourth-order valence-corrected chi connectivity index (χ4v) is 5.53. The van der Waals surface area contributed by atoms with Crippen molar-refractivity contribution in [1.29, 1.82) is 0 Å². The largest absolute Gasteiger partial charge is 0.443 e. The molecule has 35 heavy (non-hydrogen) atoms. The molecule has 1 saturated carbocycles. The number of rotatable bonds is 5. The normalized spacial score (nSPS) is 18.3. The number of benzene rings is 3. The number of anilines is 2. The van der Waals surface area contributed by atoms with Crippen LogP contribution in [-0.2, 0) is 4.79 Å². The summed E-state index contributed by atoms with van der Waals surface area (Å²) in [6.07, 6.45) is 1.32. The monoisotopic (exact) mass is 567 g/mol. The molecule has 6 nitrogen and oxygen atoms in total. The van der Waals surface area contributed by atoms with E-state index < -0.39 is 28.0 Å². The van der Waals surface area contributed by atoms with Crippen molar-refractivity contribution in [2.45, 2.75) is 10.3 Å². The van der Waals surface area contributed by atoms with Gasteiger partial charge in [0.05, 0.1) is 16.5 Å². The van der Waals surface area contributed by atoms with Gasteiger partial charge in [0.2, 0.25) is 5.91 Å². The van der Waals surface area contributed by atoms with Gasteiger partial charge in [-0.15, -0.1) is 23.2 Å². The molecule has 1 aromatic heterocycles. The lowest BCUT2D eigenvalue weighted by molar-refractivity contribution is -0.117. The summed E-state index contributed by atoms with van der Waals surface area (Å²) < 4.78 is 3.93. The lowest BCUT2D eigenvalue weighted by Crippen LogP contribution is -2.18. The molecule has 0 spiro atoms. The van der Waals surface area contributed by atoms with Gasteiger partial charge in [-0.3, -0.25) is 9.59 Å². The van der Waals surface area contributed by atoms with E-state index >= 15 is 0 Å². The molecule has 0 bridgehead atoms. The number of halogens is 5. The maximum absolute atomic E-state index is 13.0. The first-order valence-electron chi connectivity index (χ1n) is 10.2. The van der Waals surface area contributed by atoms with Crippen LogP contribution in [0.3, 0.4) is 0 Å². The molecule has 2 N–H and O–H groups in total. The second-order valence-electron chi connectivity index (χ2n) is 8.01. The topological polar surface area (TPSA) is 84.2 Å². The highest BCUT2D eigenvalue weighted by Gasteiger charge is 2.67. The van der Waals surface area contributed by atoms with Crippen molar-refractivity contribution in [2.24, 2.45) is 5.92 Å². The van der Waals surface area contributed by atoms with Crippen molar-refractivity contribution < 1.29 is 14.0 Å². The van der Waals surface area contributed by atoms with Crippen LogP contribution in [0.25, 0.3) is 11.1 Å². The fourth-order valence-electron chi connectivity index (χ4n) is 3.95. The maximum atomic E-state index is 13.0. The van der Waals surface area contributed by atoms with E-state index in [-0.39, 0.29) is 10.6 Å². The quantitative estimate of drug-likeness (QED) is 0.243. The van der Waals surface area contributed by atoms with E-state index in [1.54, 1.807) is 42.5 Å². The Labute approximate surface area is 224 Å². The summed E-state index contributed by atoms with van der Waals surface area (Å²) in [5, 5.41) is 6.56. The van der Waals surface area contributed by atoms with Gasteiger partial charge in [-0.2, -0.15) is 0 Å². The Bertz CT molecular complexity index is 1470. The maximum Gasteiger partial charge on any atom is 0.257 e. The lowest BCUT2D eigenvalue weighted by atomic mass is 10.1. The number of nitrogens with zero attached hydrogens (tertiary/aromatic N) is 1. The molecule has 1 aliphatic carbocycles. The van der Waals surface area contributed by atoms with Crippen LogP contribution in [-0.4, -0.2) is 21.1 Å². The van der Waals surface area contributed by atoms with Crippen molar-refractivity contribution in [3.8, 4) is 0 Å². The van der Waals surface area contributed by atoms with E-state index in [0.717, 1.165) is 0 Å². The first kappa shape index (κ1) is 24.2. The summed E-state index contributed by atoms with van der Waals surface area (Å²) in [7, 11) is 0. The van der Waals surface area contributed by atoms with Gasteiger partial charge in [0.25, 0.3) is 5.91 Å². The number of fused-ring (bicyclic) bond motifs is 1. The molecule has 0 aliphatic heterocycles. The van der Waals surface area contributed by atoms with Crippen LogP contribution in [0.5, 0.6) is 0 Å². The lowest BCUT2D eigenvalue weighted by Gasteiger charge is -2.10. The fraction of sp³-hybridized carbons (Fsp3) is 0.125. The van der Waals surface area contributed by atoms with Gasteiger partial charge in [-0.25, -0.2) is 4.98 Å². The zero-order valence-corrected chi connectivity index (χ0v) is 21.3. The highest BCUT2D eigenvalue weighted by molar-refractivity contribution is 6.53. The summed E-state index contributed by atoms with van der Waals surface area (Å²) in [6, 6.07) is 14.6. The highest BCUT2D eigenvalue weighted by Crippen LogP contribution is 2.65. The summed E-state index contributed by atoms with van der Waals surface area (Å²) in [5.41, 5.74) is 2.87. The third-order valence-electron chi connectivity index (χ3n) is 5.65. The molecule has 3 aromatic carbocycles. The molecule has 1 fully saturated rings. The Hall–Kier alpha value is -2.48. The zero-order chi connectivity index (χ0) is 24.9. The number of hydrogen-bond acceptors (Lipinski definition) is 4. The van der Waals surface area contributed by atoms with Crippen molar-refractivity contribution in [3.05, 3.63) is 87.2 Å². The second-order valence-corrected chi connectivity index (χ2v) is 10.7. The molecule has 1 heterocycles. The third kappa shape index (κ3) is 4.82. The summed E-state index contributed by atoms with van der Waals surface area (Å²) >= 11 is 31.3. The molecule has 0 radical (unpaired) electrons. The smallest absolute Gasteiger partial charge is 0.257 e. The third-order valence-corrected chi connectivity index (χ3v) is 7.35. The summed E-state index contributed by atoms with van der Waals surface area (Å²) in [4.78, 5) is 29.9. The second kappa shape index (κ2) is 9.19. The Balaban J connectivity index is 1.33. The molecule has 0 unspecified atom stereocenters. The van der Waals surface area contributed by atoms with E-state index in [9.17, 15) is 9.59 Å². The van der Waals surface area contributed by atoms with Crippen LogP contribution >= 0.6 is 58.0 Å². The summed E-state index contributed by atoms with van der Waals surface area (Å²) in [6.45, 7) is 0. The van der Waals surface area contributed by atoms with Crippen molar-refractivity contribution in [3.63, 3.8) is 0 Å². The van der Waals surface area contributed by atoms with Crippen LogP contribution < -0.4 is 10.6 Å². The number of alkyl halides is 2. The molecule has 0 saturated heterocycles. The molecule has 5 rings (SSSR count). The predicted octanol–water partition coefficient (Wildman–Crippen LogP) is 7.57.